The summed E-state index contributed by atoms with van der Waals surface area (Å²) in [6.45, 7) is 2.91. The second-order valence-corrected chi connectivity index (χ2v) is 5.85. The molecule has 1 aliphatic heterocycles. The molecule has 0 bridgehead atoms. The lowest BCUT2D eigenvalue weighted by atomic mass is 10.1. The summed E-state index contributed by atoms with van der Waals surface area (Å²) in [5, 5.41) is 4.05. The third-order valence-corrected chi connectivity index (χ3v) is 4.52. The smallest absolute Gasteiger partial charge is 0.159 e. The molecule has 1 N–H and O–H groups in total. The molecule has 1 heterocycles. The number of thioether (sulfide) groups is 1. The van der Waals surface area contributed by atoms with Crippen LogP contribution in [-0.4, -0.2) is 17.5 Å². The summed E-state index contributed by atoms with van der Waals surface area (Å²) in [5.74, 6) is -0.315. The Kier molecular flexibility index (Phi) is 4.40. The molecule has 1 saturated heterocycles. The Morgan fingerprint density at radius 2 is 2.24 bits per heavy atom. The first kappa shape index (κ1) is 12.8. The van der Waals surface area contributed by atoms with Gasteiger partial charge in [-0.2, -0.15) is 11.8 Å². The van der Waals surface area contributed by atoms with Crippen LogP contribution >= 0.6 is 11.8 Å². The molecule has 0 aliphatic carbocycles. The van der Waals surface area contributed by atoms with Gasteiger partial charge in [0, 0.05) is 17.8 Å². The third-order valence-electron chi connectivity index (χ3n) is 3.12. The molecule has 4 heteroatoms. The van der Waals surface area contributed by atoms with Crippen molar-refractivity contribution in [1.82, 2.24) is 5.32 Å². The van der Waals surface area contributed by atoms with E-state index in [1.807, 2.05) is 18.7 Å². The van der Waals surface area contributed by atoms with Gasteiger partial charge in [0.05, 0.1) is 0 Å². The maximum atomic E-state index is 13.1. The average molecular weight is 257 g/mol. The van der Waals surface area contributed by atoms with E-state index in [4.69, 9.17) is 0 Å². The lowest BCUT2D eigenvalue weighted by Crippen LogP contribution is -2.26. The quantitative estimate of drug-likeness (QED) is 0.886. The van der Waals surface area contributed by atoms with E-state index in [9.17, 15) is 8.78 Å². The summed E-state index contributed by atoms with van der Waals surface area (Å²) < 4.78 is 25.9. The average Bonchev–Trinajstić information content (AvgIpc) is 2.82. The van der Waals surface area contributed by atoms with Crippen molar-refractivity contribution >= 4 is 11.8 Å². The van der Waals surface area contributed by atoms with E-state index >= 15 is 0 Å². The van der Waals surface area contributed by atoms with Crippen LogP contribution in [0.15, 0.2) is 18.2 Å². The first-order valence-electron chi connectivity index (χ1n) is 5.97. The van der Waals surface area contributed by atoms with Crippen molar-refractivity contribution in [2.45, 2.75) is 31.1 Å². The van der Waals surface area contributed by atoms with Gasteiger partial charge in [0.25, 0.3) is 0 Å². The minimum Gasteiger partial charge on any atom is -0.309 e. The molecule has 0 saturated carbocycles. The Balaban J connectivity index is 1.89. The van der Waals surface area contributed by atoms with Crippen LogP contribution in [0.5, 0.6) is 0 Å². The predicted octanol–water partition coefficient (Wildman–Crippen LogP) is 3.51. The van der Waals surface area contributed by atoms with Gasteiger partial charge in [-0.3, -0.25) is 0 Å². The van der Waals surface area contributed by atoms with Crippen molar-refractivity contribution in [2.75, 3.05) is 12.3 Å². The molecule has 94 valence electrons. The molecule has 17 heavy (non-hydrogen) atoms. The zero-order valence-electron chi connectivity index (χ0n) is 9.88. The van der Waals surface area contributed by atoms with Gasteiger partial charge in [0.2, 0.25) is 0 Å². The molecular formula is C13H17F2NS. The lowest BCUT2D eigenvalue weighted by Gasteiger charge is -2.17. The summed E-state index contributed by atoms with van der Waals surface area (Å²) in [5.41, 5.74) is 0.798. The van der Waals surface area contributed by atoms with E-state index in [0.717, 1.165) is 12.1 Å². The largest absolute Gasteiger partial charge is 0.309 e. The van der Waals surface area contributed by atoms with E-state index in [1.54, 1.807) is 6.07 Å². The fraction of sp³-hybridized carbons (Fsp3) is 0.538. The van der Waals surface area contributed by atoms with Gasteiger partial charge in [0.1, 0.15) is 0 Å². The van der Waals surface area contributed by atoms with Crippen LogP contribution in [-0.2, 0) is 0 Å². The summed E-state index contributed by atoms with van der Waals surface area (Å²) in [4.78, 5) is 0. The van der Waals surface area contributed by atoms with Crippen molar-refractivity contribution in [2.24, 2.45) is 0 Å². The molecule has 0 spiro atoms. The van der Waals surface area contributed by atoms with Crippen LogP contribution in [0, 0.1) is 11.6 Å². The fourth-order valence-electron chi connectivity index (χ4n) is 2.01. The van der Waals surface area contributed by atoms with E-state index in [0.29, 0.717) is 5.25 Å². The van der Waals surface area contributed by atoms with E-state index in [-0.39, 0.29) is 6.04 Å². The van der Waals surface area contributed by atoms with Crippen molar-refractivity contribution in [3.05, 3.63) is 35.4 Å². The Labute approximate surface area is 105 Å². The molecule has 1 fully saturated rings. The van der Waals surface area contributed by atoms with Crippen LogP contribution in [0.2, 0.25) is 0 Å². The summed E-state index contributed by atoms with van der Waals surface area (Å²) in [6.07, 6.45) is 2.54. The van der Waals surface area contributed by atoms with Crippen molar-refractivity contribution in [3.63, 3.8) is 0 Å². The highest BCUT2D eigenvalue weighted by Crippen LogP contribution is 2.26. The second kappa shape index (κ2) is 5.83. The first-order chi connectivity index (χ1) is 8.16. The molecule has 2 atom stereocenters. The first-order valence-corrected chi connectivity index (χ1v) is 7.01. The van der Waals surface area contributed by atoms with E-state index in [2.05, 4.69) is 5.32 Å². The zero-order chi connectivity index (χ0) is 12.3. The maximum absolute atomic E-state index is 13.1. The Morgan fingerprint density at radius 1 is 1.41 bits per heavy atom. The van der Waals surface area contributed by atoms with Crippen LogP contribution in [0.1, 0.15) is 31.4 Å². The summed E-state index contributed by atoms with van der Waals surface area (Å²) >= 11 is 1.99. The monoisotopic (exact) mass is 257 g/mol. The molecule has 1 nitrogen and oxygen atoms in total. The van der Waals surface area contributed by atoms with Gasteiger partial charge in [-0.1, -0.05) is 6.07 Å². The normalized spacial score (nSPS) is 21.7. The molecule has 2 rings (SSSR count). The second-order valence-electron chi connectivity index (χ2n) is 4.44. The molecule has 1 aromatic carbocycles. The number of hydrogen-bond donors (Lipinski definition) is 1. The molecule has 1 aromatic rings. The van der Waals surface area contributed by atoms with Gasteiger partial charge in [0.15, 0.2) is 11.6 Å². The van der Waals surface area contributed by atoms with Gasteiger partial charge >= 0.3 is 0 Å². The molecule has 0 amide bonds. The minimum atomic E-state index is -0.785. The van der Waals surface area contributed by atoms with Crippen LogP contribution in [0.25, 0.3) is 0 Å². The van der Waals surface area contributed by atoms with Crippen molar-refractivity contribution in [3.8, 4) is 0 Å². The highest BCUT2D eigenvalue weighted by Gasteiger charge is 2.16. The predicted molar refractivity (Wildman–Crippen MR) is 68.3 cm³/mol. The van der Waals surface area contributed by atoms with Gasteiger partial charge in [-0.25, -0.2) is 8.78 Å². The molecular weight excluding hydrogens is 240 g/mol. The standard InChI is InChI=1S/C13H17F2NS/c1-9(16-8-11-3-2-6-17-11)10-4-5-12(14)13(15)7-10/h4-5,7,9,11,16H,2-3,6,8H2,1H3. The fourth-order valence-corrected chi connectivity index (χ4v) is 3.23. The number of halogens is 2. The number of rotatable bonds is 4. The molecule has 0 radical (unpaired) electrons. The Bertz CT molecular complexity index is 378. The Morgan fingerprint density at radius 3 is 2.88 bits per heavy atom. The number of benzene rings is 1. The van der Waals surface area contributed by atoms with Gasteiger partial charge in [-0.05, 0) is 43.2 Å². The van der Waals surface area contributed by atoms with Crippen molar-refractivity contribution in [1.29, 1.82) is 0 Å². The number of nitrogens with one attached hydrogen (secondary N) is 1. The van der Waals surface area contributed by atoms with Gasteiger partial charge in [-0.15, -0.1) is 0 Å². The summed E-state index contributed by atoms with van der Waals surface area (Å²) in [7, 11) is 0. The minimum absolute atomic E-state index is 0.0614. The Hall–Kier alpha value is -0.610. The van der Waals surface area contributed by atoms with E-state index in [1.165, 1.54) is 30.7 Å². The highest BCUT2D eigenvalue weighted by molar-refractivity contribution is 8.00. The SMILES string of the molecule is CC(NCC1CCCS1)c1ccc(F)c(F)c1. The molecule has 1 aliphatic rings. The van der Waals surface area contributed by atoms with Crippen LogP contribution in [0.3, 0.4) is 0 Å². The summed E-state index contributed by atoms with van der Waals surface area (Å²) in [6, 6.07) is 4.16. The highest BCUT2D eigenvalue weighted by atomic mass is 32.2. The van der Waals surface area contributed by atoms with Gasteiger partial charge < -0.3 is 5.32 Å². The number of hydrogen-bond acceptors (Lipinski definition) is 2. The molecule has 2 unspecified atom stereocenters. The topological polar surface area (TPSA) is 12.0 Å². The van der Waals surface area contributed by atoms with Crippen LogP contribution < -0.4 is 5.32 Å². The molecule has 0 aromatic heterocycles. The van der Waals surface area contributed by atoms with E-state index < -0.39 is 11.6 Å². The third kappa shape index (κ3) is 3.42. The van der Waals surface area contributed by atoms with Crippen molar-refractivity contribution < 1.29 is 8.78 Å². The van der Waals surface area contributed by atoms with Crippen LogP contribution in [0.4, 0.5) is 8.78 Å². The maximum Gasteiger partial charge on any atom is 0.159 e. The zero-order valence-corrected chi connectivity index (χ0v) is 10.7. The lowest BCUT2D eigenvalue weighted by molar-refractivity contribution is 0.500.